The van der Waals surface area contributed by atoms with Gasteiger partial charge >= 0.3 is 6.18 Å². The Morgan fingerprint density at radius 2 is 1.94 bits per heavy atom. The molecular formula is C25H30ClF3N2O3S. The molecule has 0 saturated carbocycles. The van der Waals surface area contributed by atoms with Gasteiger partial charge in [0.05, 0.1) is 21.3 Å². The molecule has 5 nitrogen and oxygen atoms in total. The predicted octanol–water partition coefficient (Wildman–Crippen LogP) is 7.87. The van der Waals surface area contributed by atoms with Gasteiger partial charge in [0.25, 0.3) is 5.91 Å². The van der Waals surface area contributed by atoms with Gasteiger partial charge in [-0.3, -0.25) is 10.1 Å². The van der Waals surface area contributed by atoms with E-state index in [2.05, 4.69) is 24.1 Å². The molecule has 2 aromatic carbocycles. The smallest absolute Gasteiger partial charge is 0.416 e. The zero-order chi connectivity index (χ0) is 26.3. The number of aromatic nitrogens is 1. The summed E-state index contributed by atoms with van der Waals surface area (Å²) in [6, 6.07) is 4.91. The number of hydrogen-bond acceptors (Lipinski definition) is 5. The van der Waals surface area contributed by atoms with Crippen molar-refractivity contribution in [2.24, 2.45) is 5.92 Å². The molecule has 0 bridgehead atoms. The topological polar surface area (TPSA) is 71.5 Å². The van der Waals surface area contributed by atoms with Crippen molar-refractivity contribution in [2.75, 3.05) is 19.0 Å². The van der Waals surface area contributed by atoms with Crippen molar-refractivity contribution in [3.8, 4) is 5.75 Å². The third kappa shape index (κ3) is 7.81. The zero-order valence-corrected chi connectivity index (χ0v) is 21.9. The number of phenols is 1. The molecule has 1 aromatic heterocycles. The number of nitrogens with zero attached hydrogens (tertiary/aromatic N) is 1. The normalized spacial score (nSPS) is 12.3. The number of aryl methyl sites for hydroxylation is 2. The van der Waals surface area contributed by atoms with Crippen LogP contribution in [0.5, 0.6) is 5.75 Å². The van der Waals surface area contributed by atoms with E-state index >= 15 is 0 Å². The number of fused-ring (bicyclic) bond motifs is 1. The van der Waals surface area contributed by atoms with Crippen LogP contribution >= 0.6 is 22.9 Å². The molecule has 0 aliphatic rings. The highest BCUT2D eigenvalue weighted by Crippen LogP contribution is 2.37. The second kappa shape index (κ2) is 12.6. The fourth-order valence-corrected chi connectivity index (χ4v) is 4.40. The number of hydrogen-bond donors (Lipinski definition) is 2. The summed E-state index contributed by atoms with van der Waals surface area (Å²) in [5.41, 5.74) is 0.498. The number of carbonyl (C=O) groups excluding carboxylic acids is 1. The minimum atomic E-state index is -4.46. The number of carbonyl (C=O) groups is 1. The SMILES string of the molecule is CCC(C)CCOC.CCc1cc(C(F)(F)F)cc2sc(NC(=O)c3cc(Cl)cc(C)c3O)nc12. The predicted molar refractivity (Wildman–Crippen MR) is 136 cm³/mol. The molecule has 0 aliphatic carbocycles. The number of alkyl halides is 3. The standard InChI is InChI=1S/C18H14ClF3N2O2S.C7H16O/c1-3-9-5-10(18(20,21)22)6-13-14(9)23-17(27-13)24-16(26)12-7-11(19)4-8(2)15(12)25;1-4-7(2)5-6-8-3/h4-7,25H,3H2,1-2H3,(H,23,24,26);7H,4-6H2,1-3H3. The molecule has 192 valence electrons. The first kappa shape index (κ1) is 28.9. The first-order valence-electron chi connectivity index (χ1n) is 11.2. The van der Waals surface area contributed by atoms with E-state index in [-0.39, 0.29) is 21.5 Å². The lowest BCUT2D eigenvalue weighted by Crippen LogP contribution is -2.12. The van der Waals surface area contributed by atoms with Gasteiger partial charge in [-0.25, -0.2) is 4.98 Å². The van der Waals surface area contributed by atoms with Crippen molar-refractivity contribution in [3.05, 3.63) is 51.5 Å². The summed E-state index contributed by atoms with van der Waals surface area (Å²) in [6.07, 6.45) is -1.63. The van der Waals surface area contributed by atoms with E-state index in [1.54, 1.807) is 21.0 Å². The van der Waals surface area contributed by atoms with E-state index in [1.165, 1.54) is 25.0 Å². The van der Waals surface area contributed by atoms with Crippen LogP contribution in [0.25, 0.3) is 10.2 Å². The molecule has 0 aliphatic heterocycles. The van der Waals surface area contributed by atoms with Crippen LogP contribution in [0.4, 0.5) is 18.3 Å². The maximum Gasteiger partial charge on any atom is 0.416 e. The summed E-state index contributed by atoms with van der Waals surface area (Å²) < 4.78 is 44.4. The summed E-state index contributed by atoms with van der Waals surface area (Å²) >= 11 is 6.86. The van der Waals surface area contributed by atoms with Gasteiger partial charge in [0, 0.05) is 18.7 Å². The number of rotatable bonds is 7. The number of methoxy groups -OCH3 is 1. The average molecular weight is 531 g/mol. The van der Waals surface area contributed by atoms with Crippen LogP contribution < -0.4 is 5.32 Å². The van der Waals surface area contributed by atoms with Crippen molar-refractivity contribution < 1.29 is 27.8 Å². The first-order valence-corrected chi connectivity index (χ1v) is 12.4. The lowest BCUT2D eigenvalue weighted by Gasteiger charge is -2.08. The molecule has 1 atom stereocenters. The van der Waals surface area contributed by atoms with E-state index in [0.29, 0.717) is 27.8 Å². The van der Waals surface area contributed by atoms with Crippen molar-refractivity contribution in [1.82, 2.24) is 4.98 Å². The molecule has 1 amide bonds. The third-order valence-electron chi connectivity index (χ3n) is 5.52. The van der Waals surface area contributed by atoms with Crippen molar-refractivity contribution >= 4 is 44.2 Å². The fourth-order valence-electron chi connectivity index (χ4n) is 3.18. The second-order valence-electron chi connectivity index (χ2n) is 8.22. The summed E-state index contributed by atoms with van der Waals surface area (Å²) in [5.74, 6) is -0.0344. The van der Waals surface area contributed by atoms with Crippen LogP contribution in [0.2, 0.25) is 5.02 Å². The van der Waals surface area contributed by atoms with Crippen LogP contribution in [0.3, 0.4) is 0 Å². The molecule has 3 aromatic rings. The molecule has 0 spiro atoms. The number of nitrogens with one attached hydrogen (secondary N) is 1. The van der Waals surface area contributed by atoms with Gasteiger partial charge in [0.15, 0.2) is 5.13 Å². The Labute approximate surface area is 212 Å². The van der Waals surface area contributed by atoms with E-state index in [1.807, 2.05) is 0 Å². The van der Waals surface area contributed by atoms with Crippen LogP contribution in [-0.2, 0) is 17.3 Å². The van der Waals surface area contributed by atoms with Gasteiger partial charge in [-0.15, -0.1) is 0 Å². The van der Waals surface area contributed by atoms with E-state index in [0.717, 1.165) is 36.0 Å². The number of thiazole rings is 1. The van der Waals surface area contributed by atoms with E-state index in [9.17, 15) is 23.1 Å². The van der Waals surface area contributed by atoms with Gasteiger partial charge in [-0.05, 0) is 61.1 Å². The van der Waals surface area contributed by atoms with Gasteiger partial charge in [0.1, 0.15) is 5.75 Å². The molecule has 1 heterocycles. The van der Waals surface area contributed by atoms with Crippen LogP contribution in [0, 0.1) is 12.8 Å². The molecular weight excluding hydrogens is 501 g/mol. The highest BCUT2D eigenvalue weighted by molar-refractivity contribution is 7.22. The largest absolute Gasteiger partial charge is 0.507 e. The van der Waals surface area contributed by atoms with Gasteiger partial charge in [0.2, 0.25) is 0 Å². The second-order valence-corrected chi connectivity index (χ2v) is 9.69. The number of ether oxygens (including phenoxy) is 1. The Balaban J connectivity index is 0.000000466. The minimum absolute atomic E-state index is 0.0362. The minimum Gasteiger partial charge on any atom is -0.507 e. The molecule has 0 saturated heterocycles. The zero-order valence-electron chi connectivity index (χ0n) is 20.3. The Morgan fingerprint density at radius 3 is 2.51 bits per heavy atom. The van der Waals surface area contributed by atoms with Gasteiger partial charge < -0.3 is 9.84 Å². The molecule has 1 unspecified atom stereocenters. The molecule has 35 heavy (non-hydrogen) atoms. The van der Waals surface area contributed by atoms with E-state index in [4.69, 9.17) is 16.3 Å². The quantitative estimate of drug-likeness (QED) is 0.326. The van der Waals surface area contributed by atoms with Crippen molar-refractivity contribution in [2.45, 2.75) is 53.1 Å². The monoisotopic (exact) mass is 530 g/mol. The number of anilines is 1. The van der Waals surface area contributed by atoms with Crippen molar-refractivity contribution in [1.29, 1.82) is 0 Å². The van der Waals surface area contributed by atoms with Crippen LogP contribution in [-0.4, -0.2) is 29.7 Å². The Hall–Kier alpha value is -2.36. The summed E-state index contributed by atoms with van der Waals surface area (Å²) in [5, 5.41) is 13.0. The fraction of sp³-hybridized carbons (Fsp3) is 0.440. The number of halogens is 4. The molecule has 0 radical (unpaired) electrons. The number of phenolic OH excluding ortho intramolecular Hbond substituents is 1. The number of amides is 1. The first-order chi connectivity index (χ1) is 16.4. The van der Waals surface area contributed by atoms with Gasteiger partial charge in [-0.1, -0.05) is 50.1 Å². The lowest BCUT2D eigenvalue weighted by molar-refractivity contribution is -0.137. The van der Waals surface area contributed by atoms with Crippen molar-refractivity contribution in [3.63, 3.8) is 0 Å². The molecule has 2 N–H and O–H groups in total. The highest BCUT2D eigenvalue weighted by Gasteiger charge is 2.32. The Kier molecular flexibility index (Phi) is 10.4. The van der Waals surface area contributed by atoms with Gasteiger partial charge in [-0.2, -0.15) is 13.2 Å². The Bertz CT molecular complexity index is 1170. The molecule has 3 rings (SSSR count). The lowest BCUT2D eigenvalue weighted by atomic mass is 10.1. The third-order valence-corrected chi connectivity index (χ3v) is 6.66. The molecule has 10 heteroatoms. The average Bonchev–Trinajstić information content (AvgIpc) is 3.21. The summed E-state index contributed by atoms with van der Waals surface area (Å²) in [4.78, 5) is 16.7. The van der Waals surface area contributed by atoms with Crippen LogP contribution in [0.15, 0.2) is 24.3 Å². The maximum atomic E-state index is 13.1. The van der Waals surface area contributed by atoms with Crippen LogP contribution in [0.1, 0.15) is 60.7 Å². The summed E-state index contributed by atoms with van der Waals surface area (Å²) in [6.45, 7) is 8.70. The molecule has 0 fully saturated rings. The number of benzene rings is 2. The Morgan fingerprint density at radius 1 is 1.26 bits per heavy atom. The number of aromatic hydroxyl groups is 1. The summed E-state index contributed by atoms with van der Waals surface area (Å²) in [7, 11) is 1.75. The van der Waals surface area contributed by atoms with E-state index < -0.39 is 17.6 Å². The highest BCUT2D eigenvalue weighted by atomic mass is 35.5. The maximum absolute atomic E-state index is 13.1.